The first-order valence-electron chi connectivity index (χ1n) is 9.09. The molecule has 0 saturated carbocycles. The Morgan fingerprint density at radius 3 is 2.62 bits per heavy atom. The number of halogens is 1. The van der Waals surface area contributed by atoms with Gasteiger partial charge in [0.05, 0.1) is 11.2 Å². The van der Waals surface area contributed by atoms with Crippen molar-refractivity contribution >= 4 is 33.2 Å². The Bertz CT molecular complexity index is 1060. The maximum absolute atomic E-state index is 12.7. The van der Waals surface area contributed by atoms with E-state index < -0.39 is 5.54 Å². The van der Waals surface area contributed by atoms with Crippen molar-refractivity contribution in [3.63, 3.8) is 0 Å². The van der Waals surface area contributed by atoms with Crippen molar-refractivity contribution in [2.45, 2.75) is 18.4 Å². The molecule has 0 aliphatic heterocycles. The molecule has 0 fully saturated rings. The van der Waals surface area contributed by atoms with Crippen LogP contribution in [0, 0.1) is 0 Å². The summed E-state index contributed by atoms with van der Waals surface area (Å²) in [6, 6.07) is 17.2. The molecule has 0 saturated heterocycles. The molecule has 0 spiro atoms. The van der Waals surface area contributed by atoms with Gasteiger partial charge in [0.25, 0.3) is 0 Å². The number of hydrogen-bond acceptors (Lipinski definition) is 4. The molecule has 3 N–H and O–H groups in total. The number of aromatic amines is 1. The van der Waals surface area contributed by atoms with Gasteiger partial charge in [0.1, 0.15) is 0 Å². The minimum Gasteiger partial charge on any atom is -0.325 e. The van der Waals surface area contributed by atoms with Gasteiger partial charge >= 0.3 is 6.03 Å². The number of aromatic nitrogens is 4. The molecule has 29 heavy (non-hydrogen) atoms. The lowest BCUT2D eigenvalue weighted by atomic mass is 9.80. The lowest BCUT2D eigenvalue weighted by Gasteiger charge is -2.33. The second-order valence-corrected chi connectivity index (χ2v) is 7.74. The Labute approximate surface area is 176 Å². The van der Waals surface area contributed by atoms with Crippen molar-refractivity contribution in [2.24, 2.45) is 0 Å². The van der Waals surface area contributed by atoms with Crippen molar-refractivity contribution in [2.75, 3.05) is 5.32 Å². The largest absolute Gasteiger partial charge is 0.325 e. The van der Waals surface area contributed by atoms with E-state index >= 15 is 0 Å². The molecule has 1 heterocycles. The summed E-state index contributed by atoms with van der Waals surface area (Å²) >= 11 is 3.44. The molecule has 3 aromatic rings. The van der Waals surface area contributed by atoms with Gasteiger partial charge in [0, 0.05) is 16.0 Å². The normalized spacial score (nSPS) is 20.8. The van der Waals surface area contributed by atoms with Gasteiger partial charge in [-0.25, -0.2) is 9.89 Å². The second-order valence-electron chi connectivity index (χ2n) is 6.89. The number of rotatable bonds is 4. The lowest BCUT2D eigenvalue weighted by Crippen LogP contribution is -2.48. The van der Waals surface area contributed by atoms with Crippen LogP contribution in [0.15, 0.2) is 77.3 Å². The fourth-order valence-electron chi connectivity index (χ4n) is 3.34. The Hall–Kier alpha value is -3.26. The molecule has 2 amide bonds. The first kappa shape index (κ1) is 19.1. The predicted octanol–water partition coefficient (Wildman–Crippen LogP) is 4.28. The third kappa shape index (κ3) is 4.12. The van der Waals surface area contributed by atoms with E-state index in [1.165, 1.54) is 0 Å². The van der Waals surface area contributed by atoms with E-state index in [0.29, 0.717) is 11.5 Å². The summed E-state index contributed by atoms with van der Waals surface area (Å²) in [5.74, 6) is 0.566. The molecule has 8 heteroatoms. The van der Waals surface area contributed by atoms with Crippen molar-refractivity contribution in [1.29, 1.82) is 0 Å². The van der Waals surface area contributed by atoms with Gasteiger partial charge in [-0.15, -0.1) is 5.10 Å². The molecular formula is C21H19BrN6O. The van der Waals surface area contributed by atoms with Gasteiger partial charge in [-0.3, -0.25) is 0 Å². The highest BCUT2D eigenvalue weighted by atomic mass is 79.9. The van der Waals surface area contributed by atoms with Crippen molar-refractivity contribution in [1.82, 2.24) is 25.9 Å². The number of para-hydroxylation sites is 1. The third-order valence-corrected chi connectivity index (χ3v) is 5.51. The van der Waals surface area contributed by atoms with E-state index in [0.717, 1.165) is 15.6 Å². The molecule has 7 nitrogen and oxygen atoms in total. The van der Waals surface area contributed by atoms with Gasteiger partial charge in [0.2, 0.25) is 0 Å². The molecule has 1 aliphatic rings. The highest BCUT2D eigenvalue weighted by Crippen LogP contribution is 2.36. The summed E-state index contributed by atoms with van der Waals surface area (Å²) in [6.07, 6.45) is 6.11. The number of H-pyrrole nitrogens is 1. The topological polar surface area (TPSA) is 95.6 Å². The molecule has 1 aliphatic carbocycles. The first-order chi connectivity index (χ1) is 14.0. The van der Waals surface area contributed by atoms with Crippen LogP contribution in [-0.4, -0.2) is 32.2 Å². The quantitative estimate of drug-likeness (QED) is 0.516. The third-order valence-electron chi connectivity index (χ3n) is 4.82. The fraction of sp³-hybridized carbons (Fsp3) is 0.143. The second kappa shape index (κ2) is 8.00. The van der Waals surface area contributed by atoms with Crippen molar-refractivity contribution in [3.8, 4) is 0 Å². The summed E-state index contributed by atoms with van der Waals surface area (Å²) in [7, 11) is 0. The summed E-state index contributed by atoms with van der Waals surface area (Å²) in [5.41, 5.74) is 1.83. The number of amides is 2. The minimum absolute atomic E-state index is 0.0532. The van der Waals surface area contributed by atoms with Crippen LogP contribution in [0.2, 0.25) is 0 Å². The SMILES string of the molecule is CC1(NC(=O)Nc2ccccc2Br)C=CC(c2ccccc2)C=C1c1nnn[nH]1. The number of anilines is 1. The number of tetrazole rings is 1. The summed E-state index contributed by atoms with van der Waals surface area (Å²) < 4.78 is 0.804. The van der Waals surface area contributed by atoms with Crippen LogP contribution < -0.4 is 10.6 Å². The average molecular weight is 451 g/mol. The van der Waals surface area contributed by atoms with E-state index in [9.17, 15) is 4.79 Å². The number of carbonyl (C=O) groups excluding carboxylic acids is 1. The maximum atomic E-state index is 12.7. The smallest absolute Gasteiger partial charge is 0.320 e. The minimum atomic E-state index is -0.794. The van der Waals surface area contributed by atoms with Gasteiger partial charge in [0.15, 0.2) is 5.82 Å². The van der Waals surface area contributed by atoms with Crippen LogP contribution in [-0.2, 0) is 0 Å². The standard InChI is InChI=1S/C21H19BrN6O/c1-21(24-20(29)23-18-10-6-5-9-17(18)22)12-11-15(14-7-3-2-4-8-14)13-16(21)19-25-27-28-26-19/h2-13,15H,1H3,(H2,23,24,29)(H,25,26,27,28). The summed E-state index contributed by atoms with van der Waals surface area (Å²) in [6.45, 7) is 1.92. The first-order valence-corrected chi connectivity index (χ1v) is 9.89. The van der Waals surface area contributed by atoms with Gasteiger partial charge < -0.3 is 10.6 Å². The Morgan fingerprint density at radius 1 is 1.14 bits per heavy atom. The number of benzene rings is 2. The van der Waals surface area contributed by atoms with Crippen LogP contribution in [0.3, 0.4) is 0 Å². The molecule has 146 valence electrons. The highest BCUT2D eigenvalue weighted by Gasteiger charge is 2.34. The van der Waals surface area contributed by atoms with E-state index in [4.69, 9.17) is 0 Å². The number of carbonyl (C=O) groups is 1. The zero-order chi connectivity index (χ0) is 20.3. The van der Waals surface area contributed by atoms with Crippen LogP contribution in [0.25, 0.3) is 5.57 Å². The fourth-order valence-corrected chi connectivity index (χ4v) is 3.72. The highest BCUT2D eigenvalue weighted by molar-refractivity contribution is 9.10. The number of allylic oxidation sites excluding steroid dienone is 2. The Balaban J connectivity index is 1.62. The predicted molar refractivity (Wildman–Crippen MR) is 115 cm³/mol. The monoisotopic (exact) mass is 450 g/mol. The molecule has 4 rings (SSSR count). The van der Waals surface area contributed by atoms with Crippen molar-refractivity contribution in [3.05, 3.63) is 88.7 Å². The number of nitrogens with one attached hydrogen (secondary N) is 3. The molecule has 1 aromatic heterocycles. The van der Waals surface area contributed by atoms with Crippen LogP contribution in [0.1, 0.15) is 24.2 Å². The Kier molecular flexibility index (Phi) is 5.26. The van der Waals surface area contributed by atoms with Crippen LogP contribution in [0.5, 0.6) is 0 Å². The van der Waals surface area contributed by atoms with Crippen LogP contribution >= 0.6 is 15.9 Å². The van der Waals surface area contributed by atoms with E-state index in [1.807, 2.05) is 55.5 Å². The molecule has 0 bridgehead atoms. The number of hydrogen-bond donors (Lipinski definition) is 3. The summed E-state index contributed by atoms with van der Waals surface area (Å²) in [4.78, 5) is 12.7. The molecular weight excluding hydrogens is 432 g/mol. The number of nitrogens with zero attached hydrogens (tertiary/aromatic N) is 3. The molecule has 2 atom stereocenters. The van der Waals surface area contributed by atoms with E-state index in [-0.39, 0.29) is 11.9 Å². The zero-order valence-electron chi connectivity index (χ0n) is 15.6. The molecule has 0 radical (unpaired) electrons. The molecule has 2 aromatic carbocycles. The summed E-state index contributed by atoms with van der Waals surface area (Å²) in [5, 5.41) is 20.2. The van der Waals surface area contributed by atoms with Gasteiger partial charge in [-0.05, 0) is 51.0 Å². The number of urea groups is 1. The van der Waals surface area contributed by atoms with Gasteiger partial charge in [-0.2, -0.15) is 0 Å². The molecule has 2 unspecified atom stereocenters. The van der Waals surface area contributed by atoms with E-state index in [2.05, 4.69) is 71.5 Å². The zero-order valence-corrected chi connectivity index (χ0v) is 17.2. The van der Waals surface area contributed by atoms with Crippen molar-refractivity contribution < 1.29 is 4.79 Å². The lowest BCUT2D eigenvalue weighted by molar-refractivity contribution is 0.248. The van der Waals surface area contributed by atoms with Crippen LogP contribution in [0.4, 0.5) is 10.5 Å². The van der Waals surface area contributed by atoms with Gasteiger partial charge in [-0.1, -0.05) is 60.7 Å². The Morgan fingerprint density at radius 2 is 1.90 bits per heavy atom. The average Bonchev–Trinajstić information content (AvgIpc) is 3.25. The van der Waals surface area contributed by atoms with E-state index in [1.54, 1.807) is 0 Å². The maximum Gasteiger partial charge on any atom is 0.320 e.